The largest absolute Gasteiger partial charge is 0.497 e. The van der Waals surface area contributed by atoms with E-state index in [1.807, 2.05) is 85.7 Å². The highest BCUT2D eigenvalue weighted by atomic mass is 32.2. The Morgan fingerprint density at radius 2 is 1.91 bits per heavy atom. The van der Waals surface area contributed by atoms with Crippen LogP contribution in [0.25, 0.3) is 0 Å². The van der Waals surface area contributed by atoms with Crippen molar-refractivity contribution in [1.29, 1.82) is 0 Å². The molecule has 1 atom stereocenters. The first kappa shape index (κ1) is 24.6. The number of rotatable bonds is 8. The Balaban J connectivity index is 1.69. The minimum atomic E-state index is -0.506. The Morgan fingerprint density at radius 3 is 2.63 bits per heavy atom. The van der Waals surface area contributed by atoms with E-state index < -0.39 is 12.0 Å². The maximum Gasteiger partial charge on any atom is 0.338 e. The third kappa shape index (κ3) is 5.59. The summed E-state index contributed by atoms with van der Waals surface area (Å²) in [6, 6.07) is 16.7. The highest BCUT2D eigenvalue weighted by molar-refractivity contribution is 8.16. The number of nitrogens with one attached hydrogen (secondary N) is 1. The highest BCUT2D eigenvalue weighted by Gasteiger charge is 2.41. The summed E-state index contributed by atoms with van der Waals surface area (Å²) in [6.07, 6.45) is 0.177. The fraction of sp³-hybridized carbons (Fsp3) is 0.296. The summed E-state index contributed by atoms with van der Waals surface area (Å²) in [6.45, 7) is 5.83. The van der Waals surface area contributed by atoms with Crippen LogP contribution in [0.3, 0.4) is 0 Å². The summed E-state index contributed by atoms with van der Waals surface area (Å²) in [5, 5.41) is 5.59. The number of carbonyl (C=O) groups is 2. The monoisotopic (exact) mass is 491 g/mol. The normalized spacial score (nSPS) is 17.1. The number of benzene rings is 2. The molecule has 2 heterocycles. The minimum Gasteiger partial charge on any atom is -0.497 e. The molecule has 1 N–H and O–H groups in total. The molecule has 2 aromatic carbocycles. The fourth-order valence-corrected chi connectivity index (χ4v) is 5.06. The van der Waals surface area contributed by atoms with Gasteiger partial charge >= 0.3 is 5.97 Å². The molecular weight excluding hydrogens is 462 g/mol. The van der Waals surface area contributed by atoms with Crippen LogP contribution in [0.1, 0.15) is 44.4 Å². The number of methoxy groups -OCH3 is 1. The SMILES string of the molecule is COc1cccc(C2C(C(=O)OCc3ccccc3)=C(C)N=C3SC=C(CC(=O)NC(C)C)N32)c1. The van der Waals surface area contributed by atoms with Gasteiger partial charge in [-0.1, -0.05) is 54.2 Å². The number of aliphatic imine (C=N–C) groups is 1. The van der Waals surface area contributed by atoms with E-state index in [4.69, 9.17) is 14.5 Å². The van der Waals surface area contributed by atoms with Gasteiger partial charge in [0.1, 0.15) is 12.4 Å². The Kier molecular flexibility index (Phi) is 7.60. The van der Waals surface area contributed by atoms with Gasteiger partial charge in [-0.3, -0.25) is 4.79 Å². The van der Waals surface area contributed by atoms with Gasteiger partial charge in [-0.2, -0.15) is 0 Å². The van der Waals surface area contributed by atoms with Gasteiger partial charge in [-0.15, -0.1) is 0 Å². The van der Waals surface area contributed by atoms with E-state index in [0.29, 0.717) is 17.0 Å². The number of ether oxygens (including phenoxy) is 2. The topological polar surface area (TPSA) is 80.2 Å². The maximum absolute atomic E-state index is 13.5. The molecule has 7 nitrogen and oxygen atoms in total. The Morgan fingerprint density at radius 1 is 1.14 bits per heavy atom. The van der Waals surface area contributed by atoms with Crippen LogP contribution < -0.4 is 10.1 Å². The highest BCUT2D eigenvalue weighted by Crippen LogP contribution is 2.45. The predicted octanol–water partition coefficient (Wildman–Crippen LogP) is 4.93. The number of amidine groups is 1. The molecular formula is C27H29N3O4S. The summed E-state index contributed by atoms with van der Waals surface area (Å²) in [7, 11) is 1.61. The van der Waals surface area contributed by atoms with E-state index in [-0.39, 0.29) is 25.0 Å². The molecule has 1 unspecified atom stereocenters. The molecule has 0 spiro atoms. The number of allylic oxidation sites excluding steroid dienone is 1. The van der Waals surface area contributed by atoms with Gasteiger partial charge in [0.05, 0.1) is 30.8 Å². The summed E-state index contributed by atoms with van der Waals surface area (Å²) >= 11 is 1.45. The molecule has 35 heavy (non-hydrogen) atoms. The molecule has 0 fully saturated rings. The zero-order valence-corrected chi connectivity index (χ0v) is 21.1. The average molecular weight is 492 g/mol. The fourth-order valence-electron chi connectivity index (χ4n) is 4.10. The van der Waals surface area contributed by atoms with Gasteiger partial charge in [0, 0.05) is 11.7 Å². The predicted molar refractivity (Wildman–Crippen MR) is 138 cm³/mol. The van der Waals surface area contributed by atoms with Gasteiger partial charge in [0.15, 0.2) is 5.17 Å². The van der Waals surface area contributed by atoms with Crippen LogP contribution in [0.2, 0.25) is 0 Å². The molecule has 182 valence electrons. The number of thioether (sulfide) groups is 1. The number of hydrogen-bond acceptors (Lipinski definition) is 7. The molecule has 2 aromatic rings. The van der Waals surface area contributed by atoms with Crippen LogP contribution >= 0.6 is 11.8 Å². The summed E-state index contributed by atoms with van der Waals surface area (Å²) in [4.78, 5) is 32.8. The molecule has 1 amide bonds. The van der Waals surface area contributed by atoms with E-state index in [1.54, 1.807) is 7.11 Å². The second-order valence-electron chi connectivity index (χ2n) is 8.63. The lowest BCUT2D eigenvalue weighted by molar-refractivity contribution is -0.141. The Bertz CT molecular complexity index is 1200. The molecule has 0 aromatic heterocycles. The number of carbonyl (C=O) groups excluding carboxylic acids is 2. The molecule has 4 rings (SSSR count). The zero-order chi connectivity index (χ0) is 24.9. The van der Waals surface area contributed by atoms with Crippen molar-refractivity contribution in [2.24, 2.45) is 4.99 Å². The van der Waals surface area contributed by atoms with Crippen LogP contribution in [0.5, 0.6) is 5.75 Å². The van der Waals surface area contributed by atoms with E-state index >= 15 is 0 Å². The van der Waals surface area contributed by atoms with Crippen LogP contribution in [-0.4, -0.2) is 35.1 Å². The van der Waals surface area contributed by atoms with Crippen molar-refractivity contribution in [2.45, 2.75) is 45.9 Å². The third-order valence-electron chi connectivity index (χ3n) is 5.63. The second-order valence-corrected chi connectivity index (χ2v) is 9.47. The van der Waals surface area contributed by atoms with Crippen LogP contribution in [0.15, 0.2) is 82.0 Å². The average Bonchev–Trinajstić information content (AvgIpc) is 3.23. The van der Waals surface area contributed by atoms with E-state index in [9.17, 15) is 9.59 Å². The summed E-state index contributed by atoms with van der Waals surface area (Å²) < 4.78 is 11.2. The second kappa shape index (κ2) is 10.8. The maximum atomic E-state index is 13.5. The van der Waals surface area contributed by atoms with Gasteiger partial charge < -0.3 is 19.7 Å². The number of fused-ring (bicyclic) bond motifs is 1. The lowest BCUT2D eigenvalue weighted by Gasteiger charge is -2.36. The van der Waals surface area contributed by atoms with Crippen molar-refractivity contribution in [3.63, 3.8) is 0 Å². The molecule has 2 aliphatic heterocycles. The number of esters is 1. The van der Waals surface area contributed by atoms with E-state index in [1.165, 1.54) is 11.8 Å². The molecule has 0 bridgehead atoms. The van der Waals surface area contributed by atoms with Gasteiger partial charge in [0.2, 0.25) is 5.91 Å². The third-order valence-corrected chi connectivity index (χ3v) is 6.52. The quantitative estimate of drug-likeness (QED) is 0.528. The molecule has 0 radical (unpaired) electrons. The summed E-state index contributed by atoms with van der Waals surface area (Å²) in [5.41, 5.74) is 3.56. The lowest BCUT2D eigenvalue weighted by atomic mass is 9.93. The van der Waals surface area contributed by atoms with Crippen molar-refractivity contribution in [3.8, 4) is 5.75 Å². The van der Waals surface area contributed by atoms with E-state index in [0.717, 1.165) is 22.0 Å². The lowest BCUT2D eigenvalue weighted by Crippen LogP contribution is -2.38. The molecule has 2 aliphatic rings. The van der Waals surface area contributed by atoms with Crippen molar-refractivity contribution < 1.29 is 19.1 Å². The number of nitrogens with zero attached hydrogens (tertiary/aromatic N) is 2. The van der Waals surface area contributed by atoms with Crippen molar-refractivity contribution >= 4 is 28.8 Å². The van der Waals surface area contributed by atoms with Crippen LogP contribution in [0.4, 0.5) is 0 Å². The minimum absolute atomic E-state index is 0.0338. The molecule has 0 saturated heterocycles. The van der Waals surface area contributed by atoms with Crippen molar-refractivity contribution in [1.82, 2.24) is 10.2 Å². The van der Waals surface area contributed by atoms with Gasteiger partial charge in [-0.25, -0.2) is 9.79 Å². The Hall–Kier alpha value is -3.52. The zero-order valence-electron chi connectivity index (χ0n) is 20.3. The number of amides is 1. The van der Waals surface area contributed by atoms with Crippen LogP contribution in [-0.2, 0) is 20.9 Å². The van der Waals surface area contributed by atoms with Crippen molar-refractivity contribution in [3.05, 3.63) is 88.1 Å². The molecule has 8 heteroatoms. The number of hydrogen-bond donors (Lipinski definition) is 1. The first-order chi connectivity index (χ1) is 16.9. The first-order valence-electron chi connectivity index (χ1n) is 11.5. The van der Waals surface area contributed by atoms with Gasteiger partial charge in [-0.05, 0) is 49.4 Å². The molecule has 0 aliphatic carbocycles. The van der Waals surface area contributed by atoms with E-state index in [2.05, 4.69) is 5.32 Å². The summed E-state index contributed by atoms with van der Waals surface area (Å²) in [5.74, 6) is 0.151. The smallest absolute Gasteiger partial charge is 0.338 e. The standard InChI is InChI=1S/C27H29N3O4S/c1-17(2)28-23(31)14-21-16-35-27-29-18(3)24(26(32)34-15-19-9-6-5-7-10-19)25(30(21)27)20-11-8-12-22(13-20)33-4/h5-13,16-17,25H,14-15H2,1-4H3,(H,28,31). The Labute approximate surface area is 209 Å². The van der Waals surface area contributed by atoms with Crippen molar-refractivity contribution in [2.75, 3.05) is 7.11 Å². The molecule has 0 saturated carbocycles. The first-order valence-corrected chi connectivity index (χ1v) is 12.3. The van der Waals surface area contributed by atoms with Crippen LogP contribution in [0, 0.1) is 0 Å². The van der Waals surface area contributed by atoms with Gasteiger partial charge in [0.25, 0.3) is 0 Å².